The number of pyridine rings is 1. The molecular weight excluding hydrogens is 292 g/mol. The van der Waals surface area contributed by atoms with Gasteiger partial charge in [-0.2, -0.15) is 0 Å². The number of hydrogen-bond acceptors (Lipinski definition) is 4. The van der Waals surface area contributed by atoms with Crippen LogP contribution >= 0.6 is 0 Å². The highest BCUT2D eigenvalue weighted by molar-refractivity contribution is 6.11. The van der Waals surface area contributed by atoms with E-state index < -0.39 is 5.97 Å². The van der Waals surface area contributed by atoms with Crippen LogP contribution in [0.1, 0.15) is 10.4 Å². The summed E-state index contributed by atoms with van der Waals surface area (Å²) in [5, 5.41) is 0.457. The third-order valence-electron chi connectivity index (χ3n) is 3.66. The minimum absolute atomic E-state index is 0.0435. The Morgan fingerprint density at radius 2 is 1.87 bits per heavy atom. The van der Waals surface area contributed by atoms with E-state index in [1.165, 1.54) is 20.3 Å². The molecule has 5 heteroatoms. The van der Waals surface area contributed by atoms with E-state index in [4.69, 9.17) is 9.47 Å². The molecule has 3 aromatic rings. The standard InChI is InChI=1S/C18H14N2O3/c1-22-14-10-13(18(21)23-2)16(19)15-12(8-9-20-17(14)15)11-6-4-3-5-7-11/h3-10H,1-2H3. The van der Waals surface area contributed by atoms with Crippen molar-refractivity contribution in [2.45, 2.75) is 0 Å². The van der Waals surface area contributed by atoms with E-state index in [0.717, 1.165) is 11.1 Å². The number of carbonyl (C=O) groups excluding carboxylic acids is 1. The quantitative estimate of drug-likeness (QED) is 0.695. The summed E-state index contributed by atoms with van der Waals surface area (Å²) in [6.07, 6.45) is 1.64. The highest BCUT2D eigenvalue weighted by Crippen LogP contribution is 2.39. The fourth-order valence-electron chi connectivity index (χ4n) is 2.57. The number of rotatable bonds is 3. The van der Waals surface area contributed by atoms with E-state index in [2.05, 4.69) is 4.98 Å². The molecule has 0 bridgehead atoms. The zero-order valence-electron chi connectivity index (χ0n) is 12.7. The van der Waals surface area contributed by atoms with Gasteiger partial charge < -0.3 is 9.47 Å². The largest absolute Gasteiger partial charge is 0.494 e. The van der Waals surface area contributed by atoms with Crippen LogP contribution in [0, 0.1) is 0 Å². The number of hydrogen-bond donors (Lipinski definition) is 0. The zero-order valence-corrected chi connectivity index (χ0v) is 12.7. The van der Waals surface area contributed by atoms with Gasteiger partial charge in [-0.1, -0.05) is 30.3 Å². The van der Waals surface area contributed by atoms with Gasteiger partial charge >= 0.3 is 5.97 Å². The molecule has 0 unspecified atom stereocenters. The van der Waals surface area contributed by atoms with Gasteiger partial charge in [0.1, 0.15) is 17.0 Å². The minimum Gasteiger partial charge on any atom is -0.494 e. The minimum atomic E-state index is -0.634. The Hall–Kier alpha value is -3.08. The molecule has 0 saturated carbocycles. The van der Waals surface area contributed by atoms with E-state index in [1.54, 1.807) is 12.3 Å². The van der Waals surface area contributed by atoms with Gasteiger partial charge in [0.2, 0.25) is 0 Å². The molecule has 2 radical (unpaired) electrons. The van der Waals surface area contributed by atoms with Crippen molar-refractivity contribution in [2.75, 3.05) is 14.2 Å². The average Bonchev–Trinajstić information content (AvgIpc) is 2.61. The fraction of sp³-hybridized carbons (Fsp3) is 0.111. The zero-order chi connectivity index (χ0) is 16.4. The number of fused-ring (bicyclic) bond motifs is 1. The van der Waals surface area contributed by atoms with Crippen molar-refractivity contribution in [3.8, 4) is 16.9 Å². The smallest absolute Gasteiger partial charge is 0.340 e. The number of aromatic nitrogens is 1. The summed E-state index contributed by atoms with van der Waals surface area (Å²) < 4.78 is 10.1. The molecule has 0 saturated heterocycles. The summed E-state index contributed by atoms with van der Waals surface area (Å²) in [5.41, 5.74) is 12.6. The lowest BCUT2D eigenvalue weighted by molar-refractivity contribution is 0.0601. The lowest BCUT2D eigenvalue weighted by atomic mass is 9.97. The molecule has 3 rings (SSSR count). The van der Waals surface area contributed by atoms with Crippen LogP contribution in [0.4, 0.5) is 5.69 Å². The van der Waals surface area contributed by atoms with E-state index in [-0.39, 0.29) is 11.3 Å². The molecule has 2 aromatic carbocycles. The van der Waals surface area contributed by atoms with Crippen molar-refractivity contribution in [3.63, 3.8) is 0 Å². The second-order valence-electron chi connectivity index (χ2n) is 4.91. The summed E-state index contributed by atoms with van der Waals surface area (Å²) in [6.45, 7) is 0. The van der Waals surface area contributed by atoms with E-state index in [1.807, 2.05) is 30.3 Å². The first-order chi connectivity index (χ1) is 11.2. The molecule has 114 valence electrons. The predicted molar refractivity (Wildman–Crippen MR) is 86.9 cm³/mol. The molecule has 1 heterocycles. The van der Waals surface area contributed by atoms with Crippen LogP contribution in [-0.2, 0) is 4.74 Å². The lowest BCUT2D eigenvalue weighted by Gasteiger charge is -2.13. The summed E-state index contributed by atoms with van der Waals surface area (Å²) in [5.74, 6) is -0.235. The molecule has 0 aliphatic carbocycles. The normalized spacial score (nSPS) is 10.5. The molecule has 0 N–H and O–H groups in total. The van der Waals surface area contributed by atoms with Gasteiger partial charge in [0.15, 0.2) is 0 Å². The van der Waals surface area contributed by atoms with Crippen LogP contribution < -0.4 is 10.5 Å². The number of esters is 1. The van der Waals surface area contributed by atoms with Crippen LogP contribution in [0.25, 0.3) is 22.0 Å². The number of methoxy groups -OCH3 is 2. The van der Waals surface area contributed by atoms with Crippen molar-refractivity contribution in [1.29, 1.82) is 0 Å². The Bertz CT molecular complexity index is 876. The molecule has 0 atom stereocenters. The van der Waals surface area contributed by atoms with Gasteiger partial charge in [-0.15, -0.1) is 5.73 Å². The van der Waals surface area contributed by atoms with Gasteiger partial charge in [0, 0.05) is 11.6 Å². The first kappa shape index (κ1) is 14.8. The van der Waals surface area contributed by atoms with E-state index in [0.29, 0.717) is 16.7 Å². The van der Waals surface area contributed by atoms with E-state index in [9.17, 15) is 10.5 Å². The Morgan fingerprint density at radius 3 is 2.52 bits per heavy atom. The van der Waals surface area contributed by atoms with Gasteiger partial charge in [-0.05, 0) is 23.3 Å². The van der Waals surface area contributed by atoms with Crippen molar-refractivity contribution in [3.05, 3.63) is 54.2 Å². The van der Waals surface area contributed by atoms with Crippen molar-refractivity contribution in [1.82, 2.24) is 10.7 Å². The summed E-state index contributed by atoms with van der Waals surface area (Å²) in [4.78, 5) is 16.2. The number of nitrogens with zero attached hydrogens (tertiary/aromatic N) is 2. The van der Waals surface area contributed by atoms with Gasteiger partial charge in [0.25, 0.3) is 0 Å². The van der Waals surface area contributed by atoms with Crippen LogP contribution in [0.15, 0.2) is 48.7 Å². The third-order valence-corrected chi connectivity index (χ3v) is 3.66. The number of carbonyl (C=O) groups is 1. The number of benzene rings is 2. The molecular formula is C18H14N2O3. The second-order valence-corrected chi connectivity index (χ2v) is 4.91. The Balaban J connectivity index is 2.41. The molecule has 0 aliphatic rings. The third kappa shape index (κ3) is 2.46. The number of ether oxygens (including phenoxy) is 2. The first-order valence-electron chi connectivity index (χ1n) is 6.99. The summed E-state index contributed by atoms with van der Waals surface area (Å²) >= 11 is 0. The second kappa shape index (κ2) is 5.96. The highest BCUT2D eigenvalue weighted by Gasteiger charge is 2.21. The molecule has 0 spiro atoms. The Morgan fingerprint density at radius 1 is 1.13 bits per heavy atom. The molecule has 5 nitrogen and oxygen atoms in total. The topological polar surface area (TPSA) is 70.7 Å². The SMILES string of the molecule is COC(=O)c1cc(OC)c2nccc(-c3ccccc3)c2c1[N]. The Labute approximate surface area is 133 Å². The van der Waals surface area contributed by atoms with Crippen LogP contribution in [0.3, 0.4) is 0 Å². The molecule has 0 amide bonds. The Kier molecular flexibility index (Phi) is 3.85. The maximum Gasteiger partial charge on any atom is 0.340 e. The fourth-order valence-corrected chi connectivity index (χ4v) is 2.57. The van der Waals surface area contributed by atoms with Gasteiger partial charge in [-0.3, -0.25) is 4.98 Å². The first-order valence-corrected chi connectivity index (χ1v) is 6.99. The van der Waals surface area contributed by atoms with Crippen molar-refractivity contribution < 1.29 is 14.3 Å². The maximum atomic E-state index is 11.9. The summed E-state index contributed by atoms with van der Waals surface area (Å²) in [7, 11) is 2.75. The molecule has 0 fully saturated rings. The lowest BCUT2D eigenvalue weighted by Crippen LogP contribution is -2.04. The van der Waals surface area contributed by atoms with Gasteiger partial charge in [-0.25, -0.2) is 4.79 Å². The predicted octanol–water partition coefficient (Wildman–Crippen LogP) is 3.40. The molecule has 23 heavy (non-hydrogen) atoms. The van der Waals surface area contributed by atoms with Crippen molar-refractivity contribution >= 4 is 22.6 Å². The molecule has 0 aliphatic heterocycles. The van der Waals surface area contributed by atoms with Crippen LogP contribution in [-0.4, -0.2) is 25.2 Å². The highest BCUT2D eigenvalue weighted by atomic mass is 16.5. The average molecular weight is 306 g/mol. The monoisotopic (exact) mass is 306 g/mol. The summed E-state index contributed by atoms with van der Waals surface area (Å²) in [6, 6.07) is 12.8. The van der Waals surface area contributed by atoms with Gasteiger partial charge in [0.05, 0.1) is 19.8 Å². The molecule has 1 aromatic heterocycles. The maximum absolute atomic E-state index is 11.9. The van der Waals surface area contributed by atoms with Crippen LogP contribution in [0.2, 0.25) is 0 Å². The van der Waals surface area contributed by atoms with E-state index >= 15 is 0 Å². The van der Waals surface area contributed by atoms with Crippen LogP contribution in [0.5, 0.6) is 5.75 Å². The van der Waals surface area contributed by atoms with Crippen molar-refractivity contribution in [2.24, 2.45) is 0 Å².